The number of hydrogen-bond donors (Lipinski definition) is 1. The summed E-state index contributed by atoms with van der Waals surface area (Å²) in [6.45, 7) is 2.39. The van der Waals surface area contributed by atoms with Crippen molar-refractivity contribution < 1.29 is 9.59 Å². The lowest BCUT2D eigenvalue weighted by molar-refractivity contribution is -0.121. The number of carbonyl (C=O) groups is 2. The van der Waals surface area contributed by atoms with Crippen LogP contribution in [0.15, 0.2) is 35.7 Å². The summed E-state index contributed by atoms with van der Waals surface area (Å²) in [7, 11) is 0. The van der Waals surface area contributed by atoms with Gasteiger partial charge in [-0.15, -0.1) is 11.3 Å². The topological polar surface area (TPSA) is 59.1 Å². The fraction of sp³-hybridized carbons (Fsp3) is 0.312. The van der Waals surface area contributed by atoms with Gasteiger partial charge in [0.2, 0.25) is 5.91 Å². The molecule has 2 aromatic rings. The van der Waals surface area contributed by atoms with Crippen molar-refractivity contribution in [2.45, 2.75) is 32.7 Å². The highest BCUT2D eigenvalue weighted by Crippen LogP contribution is 2.08. The Labute approximate surface area is 128 Å². The van der Waals surface area contributed by atoms with Crippen LogP contribution in [0.4, 0.5) is 0 Å². The third-order valence-electron chi connectivity index (χ3n) is 3.04. The van der Waals surface area contributed by atoms with Gasteiger partial charge in [0, 0.05) is 23.8 Å². The molecule has 1 amide bonds. The summed E-state index contributed by atoms with van der Waals surface area (Å²) in [6, 6.07) is 9.16. The molecule has 0 radical (unpaired) electrons. The van der Waals surface area contributed by atoms with E-state index in [1.807, 2.05) is 30.5 Å². The molecule has 110 valence electrons. The summed E-state index contributed by atoms with van der Waals surface area (Å²) in [5.41, 5.74) is 1.59. The van der Waals surface area contributed by atoms with Crippen LogP contribution >= 0.6 is 11.3 Å². The van der Waals surface area contributed by atoms with Crippen LogP contribution in [0.1, 0.15) is 40.3 Å². The van der Waals surface area contributed by atoms with Gasteiger partial charge in [-0.3, -0.25) is 9.59 Å². The molecule has 0 aliphatic heterocycles. The second-order valence-electron chi connectivity index (χ2n) is 4.78. The average molecular weight is 302 g/mol. The van der Waals surface area contributed by atoms with E-state index in [4.69, 9.17) is 0 Å². The Hall–Kier alpha value is -2.01. The average Bonchev–Trinajstić information content (AvgIpc) is 2.91. The number of Topliss-reactive ketones (excluding diaryl/α,β-unsaturated/α-hetero) is 1. The quantitative estimate of drug-likeness (QED) is 0.799. The molecule has 0 saturated heterocycles. The largest absolute Gasteiger partial charge is 0.350 e. The zero-order valence-corrected chi connectivity index (χ0v) is 12.8. The summed E-state index contributed by atoms with van der Waals surface area (Å²) in [4.78, 5) is 27.8. The number of amides is 1. The molecule has 0 bridgehead atoms. The molecule has 0 spiro atoms. The fourth-order valence-electron chi connectivity index (χ4n) is 1.94. The summed E-state index contributed by atoms with van der Waals surface area (Å²) in [5, 5.41) is 5.75. The Kier molecular flexibility index (Phi) is 5.63. The predicted octanol–water partition coefficient (Wildman–Crippen LogP) is 3.12. The van der Waals surface area contributed by atoms with Gasteiger partial charge in [-0.25, -0.2) is 4.98 Å². The van der Waals surface area contributed by atoms with Gasteiger partial charge in [0.1, 0.15) is 0 Å². The molecule has 1 N–H and O–H groups in total. The Morgan fingerprint density at radius 3 is 2.62 bits per heavy atom. The Balaban J connectivity index is 1.66. The molecule has 0 saturated carbocycles. The molecule has 0 aliphatic rings. The maximum absolute atomic E-state index is 11.9. The van der Waals surface area contributed by atoms with Gasteiger partial charge in [0.05, 0.1) is 17.2 Å². The number of carbonyl (C=O) groups excluding carboxylic acids is 2. The minimum Gasteiger partial charge on any atom is -0.350 e. The normalized spacial score (nSPS) is 10.3. The minimum atomic E-state index is -0.0403. The number of benzene rings is 1. The van der Waals surface area contributed by atoms with E-state index in [0.717, 1.165) is 10.7 Å². The van der Waals surface area contributed by atoms with E-state index >= 15 is 0 Å². The minimum absolute atomic E-state index is 0.0403. The van der Waals surface area contributed by atoms with Gasteiger partial charge in [0.15, 0.2) is 5.78 Å². The lowest BCUT2D eigenvalue weighted by atomic mass is 10.1. The number of hydrogen-bond acceptors (Lipinski definition) is 4. The Bertz CT molecular complexity index is 608. The zero-order valence-electron chi connectivity index (χ0n) is 12.0. The smallest absolute Gasteiger partial charge is 0.220 e. The molecule has 0 atom stereocenters. The number of thiazole rings is 1. The van der Waals surface area contributed by atoms with Gasteiger partial charge in [-0.2, -0.15) is 0 Å². The molecule has 1 aromatic heterocycles. The summed E-state index contributed by atoms with van der Waals surface area (Å²) < 4.78 is 0. The van der Waals surface area contributed by atoms with Gasteiger partial charge in [0.25, 0.3) is 0 Å². The lowest BCUT2D eigenvalue weighted by Gasteiger charge is -2.03. The second kappa shape index (κ2) is 7.69. The number of aryl methyl sites for hydroxylation is 1. The van der Waals surface area contributed by atoms with Crippen LogP contribution in [0.25, 0.3) is 0 Å². The number of nitrogens with zero attached hydrogens (tertiary/aromatic N) is 1. The third-order valence-corrected chi connectivity index (χ3v) is 3.86. The van der Waals surface area contributed by atoms with Crippen molar-refractivity contribution in [2.24, 2.45) is 0 Å². The van der Waals surface area contributed by atoms with Crippen LogP contribution in [0.2, 0.25) is 0 Å². The van der Waals surface area contributed by atoms with Crippen LogP contribution in [0, 0.1) is 6.92 Å². The number of aromatic nitrogens is 1. The molecule has 2 rings (SSSR count). The first kappa shape index (κ1) is 15.4. The first-order valence-electron chi connectivity index (χ1n) is 6.91. The van der Waals surface area contributed by atoms with Gasteiger partial charge in [-0.05, 0) is 13.3 Å². The van der Waals surface area contributed by atoms with Crippen molar-refractivity contribution in [3.63, 3.8) is 0 Å². The van der Waals surface area contributed by atoms with Crippen molar-refractivity contribution >= 4 is 23.0 Å². The Morgan fingerprint density at radius 1 is 1.19 bits per heavy atom. The number of nitrogens with one attached hydrogen (secondary N) is 1. The van der Waals surface area contributed by atoms with E-state index in [-0.39, 0.29) is 11.7 Å². The van der Waals surface area contributed by atoms with Crippen LogP contribution in [0.3, 0.4) is 0 Å². The first-order chi connectivity index (χ1) is 10.1. The maximum atomic E-state index is 11.9. The van der Waals surface area contributed by atoms with Gasteiger partial charge in [-0.1, -0.05) is 30.3 Å². The summed E-state index contributed by atoms with van der Waals surface area (Å²) in [5.74, 6) is 0.0417. The molecule has 0 fully saturated rings. The third kappa shape index (κ3) is 5.11. The molecule has 1 aromatic carbocycles. The zero-order chi connectivity index (χ0) is 15.1. The second-order valence-corrected chi connectivity index (χ2v) is 5.84. The maximum Gasteiger partial charge on any atom is 0.220 e. The van der Waals surface area contributed by atoms with Crippen molar-refractivity contribution in [3.05, 3.63) is 52.0 Å². The first-order valence-corrected chi connectivity index (χ1v) is 7.79. The highest BCUT2D eigenvalue weighted by molar-refractivity contribution is 7.09. The summed E-state index contributed by atoms with van der Waals surface area (Å²) in [6.07, 6.45) is 1.32. The van der Waals surface area contributed by atoms with Crippen LogP contribution in [0.5, 0.6) is 0 Å². The monoisotopic (exact) mass is 302 g/mol. The van der Waals surface area contributed by atoms with Crippen molar-refractivity contribution in [2.75, 3.05) is 0 Å². The molecule has 4 nitrogen and oxygen atoms in total. The summed E-state index contributed by atoms with van der Waals surface area (Å²) >= 11 is 1.57. The number of rotatable bonds is 7. The standard InChI is InChI=1S/C16H18N2O2S/c1-12-18-14(11-21-12)10-17-16(20)9-5-8-15(19)13-6-3-2-4-7-13/h2-4,6-7,11H,5,8-10H2,1H3,(H,17,20). The Morgan fingerprint density at radius 2 is 1.95 bits per heavy atom. The lowest BCUT2D eigenvalue weighted by Crippen LogP contribution is -2.22. The molecule has 5 heteroatoms. The van der Waals surface area contributed by atoms with Crippen molar-refractivity contribution in [3.8, 4) is 0 Å². The predicted molar refractivity (Wildman–Crippen MR) is 83.3 cm³/mol. The van der Waals surface area contributed by atoms with Crippen LogP contribution < -0.4 is 5.32 Å². The SMILES string of the molecule is Cc1nc(CNC(=O)CCCC(=O)c2ccccc2)cs1. The molecular weight excluding hydrogens is 284 g/mol. The van der Waals surface area contributed by atoms with E-state index < -0.39 is 0 Å². The van der Waals surface area contributed by atoms with Gasteiger partial charge >= 0.3 is 0 Å². The van der Waals surface area contributed by atoms with Crippen LogP contribution in [-0.4, -0.2) is 16.7 Å². The highest BCUT2D eigenvalue weighted by atomic mass is 32.1. The van der Waals surface area contributed by atoms with Crippen molar-refractivity contribution in [1.82, 2.24) is 10.3 Å². The van der Waals surface area contributed by atoms with E-state index in [1.165, 1.54) is 0 Å². The molecule has 0 unspecified atom stereocenters. The van der Waals surface area contributed by atoms with E-state index in [0.29, 0.717) is 31.4 Å². The molecule has 1 heterocycles. The fourth-order valence-corrected chi connectivity index (χ4v) is 2.56. The van der Waals surface area contributed by atoms with E-state index in [9.17, 15) is 9.59 Å². The molecule has 0 aliphatic carbocycles. The van der Waals surface area contributed by atoms with E-state index in [2.05, 4.69) is 10.3 Å². The van der Waals surface area contributed by atoms with Crippen LogP contribution in [-0.2, 0) is 11.3 Å². The number of ketones is 1. The molecule has 21 heavy (non-hydrogen) atoms. The highest BCUT2D eigenvalue weighted by Gasteiger charge is 2.07. The van der Waals surface area contributed by atoms with Gasteiger partial charge < -0.3 is 5.32 Å². The van der Waals surface area contributed by atoms with E-state index in [1.54, 1.807) is 23.5 Å². The van der Waals surface area contributed by atoms with Crippen molar-refractivity contribution in [1.29, 1.82) is 0 Å². The molecular formula is C16H18N2O2S.